The van der Waals surface area contributed by atoms with Gasteiger partial charge in [-0.2, -0.15) is 5.26 Å². The predicted octanol–water partition coefficient (Wildman–Crippen LogP) is 2.48. The second kappa shape index (κ2) is 7.60. The molecular formula is C21H18N8O. The molecule has 0 unspecified atom stereocenters. The van der Waals surface area contributed by atoms with Gasteiger partial charge in [0.25, 0.3) is 5.56 Å². The quantitative estimate of drug-likeness (QED) is 0.535. The lowest BCUT2D eigenvalue weighted by Gasteiger charge is -2.19. The topological polar surface area (TPSA) is 135 Å². The number of hydrogen-bond acceptors (Lipinski definition) is 8. The first-order chi connectivity index (χ1) is 14.5. The lowest BCUT2D eigenvalue weighted by Crippen LogP contribution is -2.25. The molecule has 0 aliphatic rings. The summed E-state index contributed by atoms with van der Waals surface area (Å²) in [5, 5.41) is 12.5. The second-order valence-corrected chi connectivity index (χ2v) is 6.71. The predicted molar refractivity (Wildman–Crippen MR) is 113 cm³/mol. The van der Waals surface area contributed by atoms with Crippen molar-refractivity contribution in [3.05, 3.63) is 76.2 Å². The molecule has 4 aromatic heterocycles. The Morgan fingerprint density at radius 3 is 2.73 bits per heavy atom. The van der Waals surface area contributed by atoms with Crippen LogP contribution in [-0.2, 0) is 0 Å². The molecule has 0 saturated heterocycles. The molecule has 1 atom stereocenters. The van der Waals surface area contributed by atoms with Crippen LogP contribution in [0.5, 0.6) is 0 Å². The Kier molecular flexibility index (Phi) is 4.82. The summed E-state index contributed by atoms with van der Waals surface area (Å²) in [6.45, 7) is 3.68. The Balaban J connectivity index is 1.93. The van der Waals surface area contributed by atoms with Crippen LogP contribution < -0.4 is 16.6 Å². The third kappa shape index (κ3) is 3.20. The van der Waals surface area contributed by atoms with Gasteiger partial charge in [0.1, 0.15) is 35.2 Å². The number of anilines is 2. The number of nitrogens with two attached hydrogens (primary N) is 1. The maximum absolute atomic E-state index is 13.5. The lowest BCUT2D eigenvalue weighted by atomic mass is 10.1. The van der Waals surface area contributed by atoms with E-state index in [1.54, 1.807) is 28.8 Å². The number of hydrogen-bond donors (Lipinski definition) is 2. The number of rotatable bonds is 4. The molecule has 9 heteroatoms. The van der Waals surface area contributed by atoms with Crippen LogP contribution in [0.1, 0.15) is 29.9 Å². The maximum Gasteiger partial charge on any atom is 0.267 e. The highest BCUT2D eigenvalue weighted by Crippen LogP contribution is 2.27. The first kappa shape index (κ1) is 19.0. The van der Waals surface area contributed by atoms with Crippen molar-refractivity contribution in [2.45, 2.75) is 19.9 Å². The average molecular weight is 398 g/mol. The highest BCUT2D eigenvalue weighted by Gasteiger charge is 2.22. The van der Waals surface area contributed by atoms with Gasteiger partial charge in [0.2, 0.25) is 0 Å². The molecule has 30 heavy (non-hydrogen) atoms. The van der Waals surface area contributed by atoms with Crippen LogP contribution in [0, 0.1) is 18.3 Å². The van der Waals surface area contributed by atoms with Crippen LogP contribution in [0.25, 0.3) is 16.9 Å². The molecule has 4 heterocycles. The largest absolute Gasteiger partial charge is 0.382 e. The standard InChI is InChI=1S/C21H18N8O/c1-12-6-5-8-16-28-18(13(2)27-20-14(10-22)19(23)25-11-26-20)17(21(30)29(12)16)15-7-3-4-9-24-15/h3-9,11,13H,1-2H3,(H3,23,25,26,27)/t13-/m1/s1. The summed E-state index contributed by atoms with van der Waals surface area (Å²) < 4.78 is 1.56. The van der Waals surface area contributed by atoms with Gasteiger partial charge in [0.15, 0.2) is 0 Å². The normalized spacial score (nSPS) is 11.8. The van der Waals surface area contributed by atoms with Crippen LogP contribution in [-0.4, -0.2) is 24.3 Å². The van der Waals surface area contributed by atoms with Gasteiger partial charge in [-0.05, 0) is 38.1 Å². The molecule has 0 radical (unpaired) electrons. The number of pyridine rings is 2. The third-order valence-corrected chi connectivity index (χ3v) is 4.75. The molecule has 0 bridgehead atoms. The molecule has 4 rings (SSSR count). The fourth-order valence-corrected chi connectivity index (χ4v) is 3.31. The Bertz CT molecular complexity index is 1340. The number of fused-ring (bicyclic) bond motifs is 1. The Labute approximate surface area is 171 Å². The minimum absolute atomic E-state index is 0.0781. The number of nitrogens with one attached hydrogen (secondary N) is 1. The summed E-state index contributed by atoms with van der Waals surface area (Å²) in [5.74, 6) is 0.352. The number of aryl methyl sites for hydroxylation is 1. The number of aromatic nitrogens is 5. The van der Waals surface area contributed by atoms with E-state index in [9.17, 15) is 10.1 Å². The van der Waals surface area contributed by atoms with E-state index in [1.165, 1.54) is 6.33 Å². The van der Waals surface area contributed by atoms with Crippen molar-refractivity contribution in [2.75, 3.05) is 11.1 Å². The summed E-state index contributed by atoms with van der Waals surface area (Å²) in [5.41, 5.74) is 8.38. The SMILES string of the molecule is Cc1cccc2nc([C@@H](C)Nc3ncnc(N)c3C#N)c(-c3ccccn3)c(=O)n12. The first-order valence-electron chi connectivity index (χ1n) is 9.22. The molecule has 0 fully saturated rings. The van der Waals surface area contributed by atoms with Crippen LogP contribution in [0.4, 0.5) is 11.6 Å². The Hall–Kier alpha value is -4.32. The monoisotopic (exact) mass is 398 g/mol. The summed E-state index contributed by atoms with van der Waals surface area (Å²) in [7, 11) is 0. The van der Waals surface area contributed by atoms with E-state index in [0.29, 0.717) is 22.6 Å². The van der Waals surface area contributed by atoms with Crippen molar-refractivity contribution < 1.29 is 0 Å². The van der Waals surface area contributed by atoms with Crippen LogP contribution in [0.15, 0.2) is 53.7 Å². The number of nitriles is 1. The average Bonchev–Trinajstić information content (AvgIpc) is 2.74. The summed E-state index contributed by atoms with van der Waals surface area (Å²) >= 11 is 0. The van der Waals surface area contributed by atoms with E-state index in [0.717, 1.165) is 5.69 Å². The van der Waals surface area contributed by atoms with E-state index in [2.05, 4.69) is 20.3 Å². The molecule has 0 aliphatic carbocycles. The van der Waals surface area contributed by atoms with Gasteiger partial charge in [-0.1, -0.05) is 12.1 Å². The van der Waals surface area contributed by atoms with Crippen LogP contribution >= 0.6 is 0 Å². The van der Waals surface area contributed by atoms with Crippen molar-refractivity contribution in [1.82, 2.24) is 24.3 Å². The first-order valence-corrected chi connectivity index (χ1v) is 9.22. The zero-order chi connectivity index (χ0) is 21.3. The van der Waals surface area contributed by atoms with E-state index >= 15 is 0 Å². The van der Waals surface area contributed by atoms with Gasteiger partial charge in [0.05, 0.1) is 23.0 Å². The van der Waals surface area contributed by atoms with Gasteiger partial charge in [-0.3, -0.25) is 14.2 Å². The fourth-order valence-electron chi connectivity index (χ4n) is 3.31. The molecule has 0 aromatic carbocycles. The van der Waals surface area contributed by atoms with Crippen LogP contribution in [0.3, 0.4) is 0 Å². The molecule has 3 N–H and O–H groups in total. The molecule has 9 nitrogen and oxygen atoms in total. The number of nitrogens with zero attached hydrogens (tertiary/aromatic N) is 6. The highest BCUT2D eigenvalue weighted by atomic mass is 16.1. The molecule has 0 amide bonds. The molecule has 4 aromatic rings. The lowest BCUT2D eigenvalue weighted by molar-refractivity contribution is 0.817. The Morgan fingerprint density at radius 1 is 1.17 bits per heavy atom. The van der Waals surface area contributed by atoms with E-state index in [1.807, 2.05) is 38.1 Å². The van der Waals surface area contributed by atoms with Crippen molar-refractivity contribution in [1.29, 1.82) is 5.26 Å². The maximum atomic E-state index is 13.5. The highest BCUT2D eigenvalue weighted by molar-refractivity contribution is 5.66. The van der Waals surface area contributed by atoms with E-state index < -0.39 is 6.04 Å². The van der Waals surface area contributed by atoms with E-state index in [4.69, 9.17) is 10.7 Å². The summed E-state index contributed by atoms with van der Waals surface area (Å²) in [6, 6.07) is 12.4. The molecular weight excluding hydrogens is 380 g/mol. The minimum Gasteiger partial charge on any atom is -0.382 e. The van der Waals surface area contributed by atoms with Crippen molar-refractivity contribution in [3.63, 3.8) is 0 Å². The van der Waals surface area contributed by atoms with Crippen LogP contribution in [0.2, 0.25) is 0 Å². The summed E-state index contributed by atoms with van der Waals surface area (Å²) in [6.07, 6.45) is 2.90. The van der Waals surface area contributed by atoms with Gasteiger partial charge in [-0.25, -0.2) is 15.0 Å². The molecule has 0 saturated carbocycles. The number of nitrogen functional groups attached to an aromatic ring is 1. The minimum atomic E-state index is -0.471. The fraction of sp³-hybridized carbons (Fsp3) is 0.143. The van der Waals surface area contributed by atoms with Gasteiger partial charge >= 0.3 is 0 Å². The zero-order valence-electron chi connectivity index (χ0n) is 16.4. The Morgan fingerprint density at radius 2 is 2.00 bits per heavy atom. The smallest absolute Gasteiger partial charge is 0.267 e. The van der Waals surface area contributed by atoms with Crippen molar-refractivity contribution >= 4 is 17.3 Å². The molecule has 0 spiro atoms. The van der Waals surface area contributed by atoms with Gasteiger partial charge < -0.3 is 11.1 Å². The molecule has 148 valence electrons. The van der Waals surface area contributed by atoms with Crippen molar-refractivity contribution in [3.8, 4) is 17.3 Å². The molecule has 0 aliphatic heterocycles. The zero-order valence-corrected chi connectivity index (χ0v) is 16.4. The van der Waals surface area contributed by atoms with Gasteiger partial charge in [-0.15, -0.1) is 0 Å². The van der Waals surface area contributed by atoms with E-state index in [-0.39, 0.29) is 22.8 Å². The van der Waals surface area contributed by atoms with Crippen molar-refractivity contribution in [2.24, 2.45) is 0 Å². The third-order valence-electron chi connectivity index (χ3n) is 4.75. The summed E-state index contributed by atoms with van der Waals surface area (Å²) in [4.78, 5) is 30.5. The van der Waals surface area contributed by atoms with Gasteiger partial charge in [0, 0.05) is 11.9 Å². The second-order valence-electron chi connectivity index (χ2n) is 6.71.